The maximum atomic E-state index is 11.3. The molecule has 0 unspecified atom stereocenters. The van der Waals surface area contributed by atoms with Crippen molar-refractivity contribution in [3.63, 3.8) is 0 Å². The van der Waals surface area contributed by atoms with Crippen LogP contribution in [0.2, 0.25) is 0 Å². The van der Waals surface area contributed by atoms with Gasteiger partial charge >= 0.3 is 0 Å². The third kappa shape index (κ3) is 1.49. The first-order valence-corrected chi connectivity index (χ1v) is 4.08. The molecule has 0 saturated heterocycles. The molecule has 0 atom stereocenters. The molecular formula is C8H15NO. The average molecular weight is 141 g/mol. The van der Waals surface area contributed by atoms with E-state index in [9.17, 15) is 4.79 Å². The number of carbonyl (C=O) groups excluding carboxylic acids is 1. The van der Waals surface area contributed by atoms with Crippen molar-refractivity contribution in [1.82, 2.24) is 4.90 Å². The lowest BCUT2D eigenvalue weighted by molar-refractivity contribution is -0.132. The van der Waals surface area contributed by atoms with Crippen LogP contribution in [0.5, 0.6) is 0 Å². The lowest BCUT2D eigenvalue weighted by Gasteiger charge is -2.17. The molecule has 1 amide bonds. The van der Waals surface area contributed by atoms with Crippen molar-refractivity contribution in [2.24, 2.45) is 5.92 Å². The van der Waals surface area contributed by atoms with Crippen LogP contribution in [0.15, 0.2) is 0 Å². The predicted octanol–water partition coefficient (Wildman–Crippen LogP) is 1.26. The van der Waals surface area contributed by atoms with Crippen molar-refractivity contribution in [2.45, 2.75) is 26.7 Å². The standard InChI is InChI=1S/C8H15NO/c1-3-9(4-2)8(10)7-5-6-7/h7H,3-6H2,1-2H3. The summed E-state index contributed by atoms with van der Waals surface area (Å²) in [5, 5.41) is 0. The number of hydrogen-bond acceptors (Lipinski definition) is 1. The van der Waals surface area contributed by atoms with E-state index in [1.807, 2.05) is 18.7 Å². The number of hydrogen-bond donors (Lipinski definition) is 0. The summed E-state index contributed by atoms with van der Waals surface area (Å²) in [4.78, 5) is 13.2. The summed E-state index contributed by atoms with van der Waals surface area (Å²) in [6, 6.07) is 0. The van der Waals surface area contributed by atoms with Crippen LogP contribution in [0.4, 0.5) is 0 Å². The lowest BCUT2D eigenvalue weighted by atomic mass is 10.3. The Kier molecular flexibility index (Phi) is 2.30. The van der Waals surface area contributed by atoms with E-state index in [-0.39, 0.29) is 0 Å². The molecular weight excluding hydrogens is 126 g/mol. The van der Waals surface area contributed by atoms with Crippen molar-refractivity contribution < 1.29 is 4.79 Å². The molecule has 2 nitrogen and oxygen atoms in total. The molecule has 1 rings (SSSR count). The van der Waals surface area contributed by atoms with E-state index in [1.165, 1.54) is 0 Å². The highest BCUT2D eigenvalue weighted by Gasteiger charge is 2.31. The molecule has 0 aromatic carbocycles. The van der Waals surface area contributed by atoms with Crippen molar-refractivity contribution in [3.8, 4) is 0 Å². The highest BCUT2D eigenvalue weighted by Crippen LogP contribution is 2.30. The summed E-state index contributed by atoms with van der Waals surface area (Å²) < 4.78 is 0. The minimum atomic E-state index is 0.366. The summed E-state index contributed by atoms with van der Waals surface area (Å²) in [5.41, 5.74) is 0. The molecule has 1 saturated carbocycles. The van der Waals surface area contributed by atoms with Gasteiger partial charge in [-0.3, -0.25) is 4.79 Å². The molecule has 0 radical (unpaired) electrons. The predicted molar refractivity (Wildman–Crippen MR) is 40.7 cm³/mol. The van der Waals surface area contributed by atoms with Crippen LogP contribution >= 0.6 is 0 Å². The molecule has 1 fully saturated rings. The van der Waals surface area contributed by atoms with Crippen LogP contribution < -0.4 is 0 Å². The first kappa shape index (κ1) is 7.58. The van der Waals surface area contributed by atoms with Gasteiger partial charge in [-0.2, -0.15) is 0 Å². The topological polar surface area (TPSA) is 20.3 Å². The minimum absolute atomic E-state index is 0.366. The third-order valence-electron chi connectivity index (χ3n) is 2.00. The van der Waals surface area contributed by atoms with E-state index >= 15 is 0 Å². The molecule has 0 bridgehead atoms. The van der Waals surface area contributed by atoms with Crippen LogP contribution in [0.1, 0.15) is 26.7 Å². The van der Waals surface area contributed by atoms with Crippen LogP contribution in [-0.2, 0) is 4.79 Å². The van der Waals surface area contributed by atoms with Crippen LogP contribution in [0.25, 0.3) is 0 Å². The molecule has 10 heavy (non-hydrogen) atoms. The van der Waals surface area contributed by atoms with Gasteiger partial charge in [0.1, 0.15) is 0 Å². The Morgan fingerprint density at radius 3 is 2.20 bits per heavy atom. The molecule has 1 aliphatic carbocycles. The van der Waals surface area contributed by atoms with Gasteiger partial charge in [0.05, 0.1) is 0 Å². The lowest BCUT2D eigenvalue weighted by Crippen LogP contribution is -2.31. The van der Waals surface area contributed by atoms with E-state index in [0.29, 0.717) is 11.8 Å². The Balaban J connectivity index is 2.35. The second kappa shape index (κ2) is 3.04. The summed E-state index contributed by atoms with van der Waals surface area (Å²) in [6.45, 7) is 5.80. The maximum absolute atomic E-state index is 11.3. The van der Waals surface area contributed by atoms with Crippen molar-refractivity contribution in [2.75, 3.05) is 13.1 Å². The molecule has 0 N–H and O–H groups in total. The number of nitrogens with zero attached hydrogens (tertiary/aromatic N) is 1. The molecule has 0 spiro atoms. The molecule has 0 aromatic rings. The zero-order valence-corrected chi connectivity index (χ0v) is 6.76. The Bertz CT molecular complexity index is 125. The van der Waals surface area contributed by atoms with Gasteiger partial charge in [0.2, 0.25) is 5.91 Å². The van der Waals surface area contributed by atoms with Gasteiger partial charge in [-0.05, 0) is 26.7 Å². The van der Waals surface area contributed by atoms with E-state index in [1.54, 1.807) is 0 Å². The smallest absolute Gasteiger partial charge is 0.225 e. The number of rotatable bonds is 3. The van der Waals surface area contributed by atoms with Gasteiger partial charge in [0.15, 0.2) is 0 Å². The van der Waals surface area contributed by atoms with Crippen molar-refractivity contribution >= 4 is 5.91 Å². The maximum Gasteiger partial charge on any atom is 0.225 e. The molecule has 0 aromatic heterocycles. The van der Waals surface area contributed by atoms with E-state index in [2.05, 4.69) is 0 Å². The SMILES string of the molecule is CCN(CC)C(=O)C1CC1. The Morgan fingerprint density at radius 2 is 1.90 bits per heavy atom. The van der Waals surface area contributed by atoms with Crippen molar-refractivity contribution in [3.05, 3.63) is 0 Å². The largest absolute Gasteiger partial charge is 0.343 e. The van der Waals surface area contributed by atoms with E-state index in [4.69, 9.17) is 0 Å². The first-order chi connectivity index (χ1) is 4.79. The molecule has 0 aliphatic heterocycles. The van der Waals surface area contributed by atoms with Gasteiger partial charge in [-0.25, -0.2) is 0 Å². The van der Waals surface area contributed by atoms with E-state index < -0.39 is 0 Å². The fraction of sp³-hybridized carbons (Fsp3) is 0.875. The average Bonchev–Trinajstić information content (AvgIpc) is 2.71. The van der Waals surface area contributed by atoms with Crippen LogP contribution in [-0.4, -0.2) is 23.9 Å². The zero-order valence-electron chi connectivity index (χ0n) is 6.76. The fourth-order valence-corrected chi connectivity index (χ4v) is 1.12. The second-order valence-corrected chi connectivity index (χ2v) is 2.78. The Labute approximate surface area is 62.2 Å². The normalized spacial score (nSPS) is 17.0. The number of carbonyl (C=O) groups is 1. The quantitative estimate of drug-likeness (QED) is 0.579. The Hall–Kier alpha value is -0.530. The van der Waals surface area contributed by atoms with Crippen LogP contribution in [0, 0.1) is 5.92 Å². The first-order valence-electron chi connectivity index (χ1n) is 4.08. The highest BCUT2D eigenvalue weighted by atomic mass is 16.2. The summed E-state index contributed by atoms with van der Waals surface area (Å²) >= 11 is 0. The van der Waals surface area contributed by atoms with Gasteiger partial charge in [-0.1, -0.05) is 0 Å². The second-order valence-electron chi connectivity index (χ2n) is 2.78. The molecule has 0 heterocycles. The number of amides is 1. The molecule has 1 aliphatic rings. The van der Waals surface area contributed by atoms with Gasteiger partial charge in [0, 0.05) is 19.0 Å². The monoisotopic (exact) mass is 141 g/mol. The summed E-state index contributed by atoms with van der Waals surface area (Å²) in [6.07, 6.45) is 2.24. The van der Waals surface area contributed by atoms with Crippen molar-refractivity contribution in [1.29, 1.82) is 0 Å². The fourth-order valence-electron chi connectivity index (χ4n) is 1.12. The van der Waals surface area contributed by atoms with Crippen LogP contribution in [0.3, 0.4) is 0 Å². The van der Waals surface area contributed by atoms with E-state index in [0.717, 1.165) is 25.9 Å². The highest BCUT2D eigenvalue weighted by molar-refractivity contribution is 5.80. The summed E-state index contributed by atoms with van der Waals surface area (Å²) in [5.74, 6) is 0.755. The van der Waals surface area contributed by atoms with Gasteiger partial charge in [0.25, 0.3) is 0 Å². The summed E-state index contributed by atoms with van der Waals surface area (Å²) in [7, 11) is 0. The third-order valence-corrected chi connectivity index (χ3v) is 2.00. The van der Waals surface area contributed by atoms with Gasteiger partial charge < -0.3 is 4.90 Å². The Morgan fingerprint density at radius 1 is 1.40 bits per heavy atom. The zero-order chi connectivity index (χ0) is 7.56. The molecule has 58 valence electrons. The molecule has 2 heteroatoms. The van der Waals surface area contributed by atoms with Gasteiger partial charge in [-0.15, -0.1) is 0 Å². The minimum Gasteiger partial charge on any atom is -0.343 e.